The van der Waals surface area contributed by atoms with E-state index < -0.39 is 12.4 Å². The number of hydrogen-bond acceptors (Lipinski definition) is 7. The molecule has 1 aromatic heterocycles. The predicted molar refractivity (Wildman–Crippen MR) is 189 cm³/mol. The molecule has 1 aliphatic heterocycles. The Kier molecular flexibility index (Phi) is 11.3. The van der Waals surface area contributed by atoms with Crippen molar-refractivity contribution in [3.63, 3.8) is 0 Å². The third-order valence-electron chi connectivity index (χ3n) is 9.20. The van der Waals surface area contributed by atoms with Gasteiger partial charge in [-0.3, -0.25) is 14.7 Å². The van der Waals surface area contributed by atoms with E-state index in [0.29, 0.717) is 25.1 Å². The third-order valence-corrected chi connectivity index (χ3v) is 9.20. The number of nitrogens with zero attached hydrogens (tertiary/aromatic N) is 2. The van der Waals surface area contributed by atoms with Crippen LogP contribution >= 0.6 is 0 Å². The van der Waals surface area contributed by atoms with Crippen molar-refractivity contribution < 1.29 is 24.5 Å². The van der Waals surface area contributed by atoms with Crippen molar-refractivity contribution in [2.24, 2.45) is 0 Å². The summed E-state index contributed by atoms with van der Waals surface area (Å²) >= 11 is 0. The van der Waals surface area contributed by atoms with E-state index in [4.69, 9.17) is 9.47 Å². The Morgan fingerprint density at radius 3 is 2.37 bits per heavy atom. The van der Waals surface area contributed by atoms with Gasteiger partial charge in [0.25, 0.3) is 5.91 Å². The van der Waals surface area contributed by atoms with E-state index in [1.54, 1.807) is 24.5 Å². The number of hydrogen-bond donors (Lipinski definition) is 3. The number of pyridine rings is 1. The maximum Gasteiger partial charge on any atom is 0.253 e. The first kappa shape index (κ1) is 34.2. The topological polar surface area (TPSA) is 104 Å². The van der Waals surface area contributed by atoms with Gasteiger partial charge in [0, 0.05) is 43.5 Å². The summed E-state index contributed by atoms with van der Waals surface area (Å²) in [7, 11) is 2.02. The monoisotopic (exact) mass is 657 g/mol. The molecule has 1 saturated heterocycles. The van der Waals surface area contributed by atoms with Crippen LogP contribution in [0.1, 0.15) is 70.0 Å². The Morgan fingerprint density at radius 2 is 1.63 bits per heavy atom. The fraction of sp³-hybridized carbons (Fsp3) is 0.268. The first-order valence-corrected chi connectivity index (χ1v) is 16.7. The zero-order valence-corrected chi connectivity index (χ0v) is 27.9. The first-order valence-electron chi connectivity index (χ1n) is 16.7. The summed E-state index contributed by atoms with van der Waals surface area (Å²) in [5, 5.41) is 23.7. The summed E-state index contributed by atoms with van der Waals surface area (Å²) in [6.45, 7) is 3.00. The molecule has 5 atom stereocenters. The Bertz CT molecular complexity index is 1800. The highest BCUT2D eigenvalue weighted by Gasteiger charge is 2.34. The van der Waals surface area contributed by atoms with Crippen LogP contribution < -0.4 is 5.32 Å². The minimum absolute atomic E-state index is 0.0164. The number of amides is 1. The van der Waals surface area contributed by atoms with Gasteiger partial charge in [-0.05, 0) is 71.6 Å². The molecule has 0 unspecified atom stereocenters. The molecule has 49 heavy (non-hydrogen) atoms. The van der Waals surface area contributed by atoms with Gasteiger partial charge >= 0.3 is 0 Å². The number of carbonyl (C=O) groups is 1. The van der Waals surface area contributed by atoms with Crippen LogP contribution in [0.3, 0.4) is 0 Å². The zero-order chi connectivity index (χ0) is 34.2. The van der Waals surface area contributed by atoms with Crippen molar-refractivity contribution in [1.82, 2.24) is 15.2 Å². The second-order valence-electron chi connectivity index (χ2n) is 12.6. The van der Waals surface area contributed by atoms with E-state index >= 15 is 0 Å². The molecular formula is C41H43N3O5. The van der Waals surface area contributed by atoms with Crippen molar-refractivity contribution in [3.05, 3.63) is 161 Å². The molecule has 1 amide bonds. The Morgan fingerprint density at radius 1 is 0.878 bits per heavy atom. The van der Waals surface area contributed by atoms with Crippen LogP contribution in [0.25, 0.3) is 11.1 Å². The van der Waals surface area contributed by atoms with Crippen molar-refractivity contribution in [3.8, 4) is 11.1 Å². The summed E-state index contributed by atoms with van der Waals surface area (Å²) in [6, 6.07) is 37.2. The van der Waals surface area contributed by atoms with E-state index in [9.17, 15) is 15.0 Å². The molecule has 252 valence electrons. The van der Waals surface area contributed by atoms with Crippen molar-refractivity contribution in [1.29, 1.82) is 0 Å². The summed E-state index contributed by atoms with van der Waals surface area (Å²) < 4.78 is 13.3. The second-order valence-corrected chi connectivity index (χ2v) is 12.6. The maximum absolute atomic E-state index is 12.6. The minimum Gasteiger partial charge on any atom is -0.392 e. The summed E-state index contributed by atoms with van der Waals surface area (Å²) in [5.41, 5.74) is 7.17. The van der Waals surface area contributed by atoms with E-state index in [0.717, 1.165) is 38.9 Å². The van der Waals surface area contributed by atoms with Gasteiger partial charge in [-0.2, -0.15) is 0 Å². The Hall–Kier alpha value is -4.70. The van der Waals surface area contributed by atoms with Gasteiger partial charge in [-0.1, -0.05) is 91.0 Å². The largest absolute Gasteiger partial charge is 0.392 e. The lowest BCUT2D eigenvalue weighted by molar-refractivity contribution is -0.253. The fourth-order valence-electron chi connectivity index (χ4n) is 6.20. The molecule has 0 aliphatic carbocycles. The molecule has 1 fully saturated rings. The van der Waals surface area contributed by atoms with Gasteiger partial charge in [0.15, 0.2) is 6.29 Å². The Balaban J connectivity index is 1.20. The van der Waals surface area contributed by atoms with Crippen LogP contribution in [0.5, 0.6) is 0 Å². The number of aliphatic hydroxyl groups excluding tert-OH is 2. The van der Waals surface area contributed by atoms with Crippen LogP contribution in [0, 0.1) is 0 Å². The number of benzene rings is 4. The van der Waals surface area contributed by atoms with Gasteiger partial charge in [-0.15, -0.1) is 0 Å². The quantitative estimate of drug-likeness (QED) is 0.136. The van der Waals surface area contributed by atoms with Crippen LogP contribution in [0.15, 0.2) is 128 Å². The molecule has 0 bridgehead atoms. The summed E-state index contributed by atoms with van der Waals surface area (Å²) in [6.07, 6.45) is 2.18. The smallest absolute Gasteiger partial charge is 0.253 e. The van der Waals surface area contributed by atoms with Gasteiger partial charge < -0.3 is 25.0 Å². The fourth-order valence-corrected chi connectivity index (χ4v) is 6.20. The lowest BCUT2D eigenvalue weighted by Gasteiger charge is -2.39. The lowest BCUT2D eigenvalue weighted by atomic mass is 9.97. The van der Waals surface area contributed by atoms with Gasteiger partial charge in [0.1, 0.15) is 0 Å². The predicted octanol–water partition coefficient (Wildman–Crippen LogP) is 6.77. The van der Waals surface area contributed by atoms with E-state index in [1.807, 2.05) is 92.8 Å². The van der Waals surface area contributed by atoms with Crippen LogP contribution in [0.2, 0.25) is 0 Å². The molecule has 6 rings (SSSR count). The second kappa shape index (κ2) is 16.1. The normalized spacial score (nSPS) is 18.9. The number of rotatable bonds is 12. The molecular weight excluding hydrogens is 614 g/mol. The van der Waals surface area contributed by atoms with Gasteiger partial charge in [0.05, 0.1) is 30.5 Å². The Labute approximate surface area is 288 Å². The van der Waals surface area contributed by atoms with Crippen LogP contribution in [0.4, 0.5) is 0 Å². The molecule has 8 nitrogen and oxygen atoms in total. The molecule has 0 spiro atoms. The molecule has 2 heterocycles. The molecule has 5 aromatic rings. The maximum atomic E-state index is 12.6. The lowest BCUT2D eigenvalue weighted by Crippen LogP contribution is -2.43. The van der Waals surface area contributed by atoms with E-state index in [2.05, 4.69) is 39.5 Å². The molecule has 0 radical (unpaired) electrons. The highest BCUT2D eigenvalue weighted by atomic mass is 16.7. The van der Waals surface area contributed by atoms with Crippen LogP contribution in [-0.4, -0.2) is 51.7 Å². The first-order chi connectivity index (χ1) is 23.9. The van der Waals surface area contributed by atoms with Crippen molar-refractivity contribution in [2.75, 3.05) is 13.6 Å². The molecule has 3 N–H and O–H groups in total. The minimum atomic E-state index is -0.639. The average Bonchev–Trinajstić information content (AvgIpc) is 3.17. The van der Waals surface area contributed by atoms with E-state index in [1.165, 1.54) is 0 Å². The van der Waals surface area contributed by atoms with Crippen molar-refractivity contribution >= 4 is 5.91 Å². The standard InChI is InChI=1S/C41H43N3O5/c1-28(39(46)32-10-4-3-5-11-32)44(2)26-37-23-38(31-18-16-29(27-45)17-19-31)49-41(48-37)35-14-7-13-34(22-35)33-12-6-9-30(21-33)24-43-40(47)36-15-8-20-42-25-36/h3-22,25,28,37-39,41,45-46H,23-24,26-27H2,1-2H3,(H,43,47)/t28-,37-,38+,39-,41+/m0/s1. The summed E-state index contributed by atoms with van der Waals surface area (Å²) in [4.78, 5) is 18.8. The van der Waals surface area contributed by atoms with Gasteiger partial charge in [0.2, 0.25) is 0 Å². The highest BCUT2D eigenvalue weighted by Crippen LogP contribution is 2.39. The molecule has 1 aliphatic rings. The third kappa shape index (κ3) is 8.67. The molecule has 8 heteroatoms. The van der Waals surface area contributed by atoms with Crippen molar-refractivity contribution in [2.45, 2.75) is 57.1 Å². The van der Waals surface area contributed by atoms with Gasteiger partial charge in [-0.25, -0.2) is 0 Å². The SMILES string of the molecule is C[C@@H]([C@H](O)c1ccccc1)N(C)C[C@@H]1C[C@H](c2ccc(CO)cc2)O[C@H](c2cccc(-c3cccc(CNC(=O)c4cccnc4)c3)c2)O1. The highest BCUT2D eigenvalue weighted by molar-refractivity contribution is 5.93. The number of nitrogens with one attached hydrogen (secondary N) is 1. The number of aliphatic hydroxyl groups is 2. The summed E-state index contributed by atoms with van der Waals surface area (Å²) in [5.74, 6) is -0.170. The number of carbonyl (C=O) groups excluding carboxylic acids is 1. The van der Waals surface area contributed by atoms with Crippen LogP contribution in [-0.2, 0) is 22.6 Å². The number of likely N-dealkylation sites (N-methyl/N-ethyl adjacent to an activating group) is 1. The number of aromatic nitrogens is 1. The average molecular weight is 658 g/mol. The molecule has 0 saturated carbocycles. The number of ether oxygens (including phenoxy) is 2. The molecule has 4 aromatic carbocycles. The van der Waals surface area contributed by atoms with E-state index in [-0.39, 0.29) is 30.8 Å². The zero-order valence-electron chi connectivity index (χ0n) is 27.9.